The van der Waals surface area contributed by atoms with Crippen LogP contribution in [0.15, 0.2) is 34.5 Å². The molecular weight excluding hydrogens is 272 g/mol. The van der Waals surface area contributed by atoms with Gasteiger partial charge >= 0.3 is 0 Å². The van der Waals surface area contributed by atoms with Crippen molar-refractivity contribution in [3.05, 3.63) is 35.3 Å². The summed E-state index contributed by atoms with van der Waals surface area (Å²) < 4.78 is 28.2. The predicted octanol–water partition coefficient (Wildman–Crippen LogP) is 1.71. The highest BCUT2D eigenvalue weighted by Gasteiger charge is 2.08. The number of thiazole rings is 1. The Morgan fingerprint density at radius 1 is 1.44 bits per heavy atom. The van der Waals surface area contributed by atoms with E-state index >= 15 is 0 Å². The fourth-order valence-corrected chi connectivity index (χ4v) is 2.54. The van der Waals surface area contributed by atoms with Gasteiger partial charge in [0.25, 0.3) is 0 Å². The molecule has 5 nitrogen and oxygen atoms in total. The second-order valence-electron chi connectivity index (χ2n) is 3.71. The van der Waals surface area contributed by atoms with Gasteiger partial charge in [0.05, 0.1) is 10.6 Å². The molecule has 1 heterocycles. The maximum absolute atomic E-state index is 11.4. The van der Waals surface area contributed by atoms with E-state index in [2.05, 4.69) is 4.98 Å². The Morgan fingerprint density at radius 3 is 2.83 bits per heavy atom. The molecule has 0 aliphatic carbocycles. The summed E-state index contributed by atoms with van der Waals surface area (Å²) >= 11 is 1.34. The number of rotatable bonds is 4. The van der Waals surface area contributed by atoms with Gasteiger partial charge in [-0.2, -0.15) is 0 Å². The van der Waals surface area contributed by atoms with Crippen LogP contribution in [0.4, 0.5) is 5.13 Å². The Kier molecular flexibility index (Phi) is 3.53. The van der Waals surface area contributed by atoms with Gasteiger partial charge in [0.2, 0.25) is 0 Å². The Labute approximate surface area is 109 Å². The molecule has 1 aromatic heterocycles. The number of nitrogens with two attached hydrogens (primary N) is 1. The molecule has 18 heavy (non-hydrogen) atoms. The summed E-state index contributed by atoms with van der Waals surface area (Å²) in [4.78, 5) is 4.28. The van der Waals surface area contributed by atoms with Crippen molar-refractivity contribution in [2.75, 3.05) is 12.0 Å². The van der Waals surface area contributed by atoms with Crippen molar-refractivity contribution in [1.82, 2.24) is 4.98 Å². The van der Waals surface area contributed by atoms with Gasteiger partial charge in [-0.3, -0.25) is 0 Å². The third-order valence-electron chi connectivity index (χ3n) is 2.19. The van der Waals surface area contributed by atoms with Crippen LogP contribution in [0, 0.1) is 0 Å². The van der Waals surface area contributed by atoms with Gasteiger partial charge in [0, 0.05) is 11.6 Å². The molecule has 7 heteroatoms. The molecule has 2 N–H and O–H groups in total. The van der Waals surface area contributed by atoms with Crippen LogP contribution in [0.3, 0.4) is 0 Å². The van der Waals surface area contributed by atoms with Crippen molar-refractivity contribution in [3.63, 3.8) is 0 Å². The van der Waals surface area contributed by atoms with Crippen LogP contribution in [0.25, 0.3) is 0 Å². The second kappa shape index (κ2) is 4.95. The molecule has 2 aromatic rings. The van der Waals surface area contributed by atoms with E-state index in [1.165, 1.54) is 23.5 Å². The zero-order chi connectivity index (χ0) is 13.2. The summed E-state index contributed by atoms with van der Waals surface area (Å²) in [6.45, 7) is 0.265. The molecule has 0 atom stereocenters. The van der Waals surface area contributed by atoms with Crippen LogP contribution in [0.2, 0.25) is 0 Å². The average molecular weight is 284 g/mol. The van der Waals surface area contributed by atoms with Crippen LogP contribution >= 0.6 is 11.3 Å². The molecule has 1 aromatic carbocycles. The van der Waals surface area contributed by atoms with Crippen LogP contribution in [-0.2, 0) is 16.4 Å². The first-order valence-corrected chi connectivity index (χ1v) is 7.85. The van der Waals surface area contributed by atoms with Crippen LogP contribution in [0.5, 0.6) is 5.75 Å². The third kappa shape index (κ3) is 3.21. The lowest BCUT2D eigenvalue weighted by atomic mass is 10.3. The van der Waals surface area contributed by atoms with E-state index < -0.39 is 9.84 Å². The van der Waals surface area contributed by atoms with Gasteiger partial charge in [-0.05, 0) is 18.2 Å². The Bertz CT molecular complexity index is 650. The second-order valence-corrected chi connectivity index (χ2v) is 6.62. The van der Waals surface area contributed by atoms with Gasteiger partial charge in [0.1, 0.15) is 12.4 Å². The topological polar surface area (TPSA) is 82.3 Å². The van der Waals surface area contributed by atoms with Gasteiger partial charge in [-0.25, -0.2) is 13.4 Å². The fraction of sp³-hybridized carbons (Fsp3) is 0.182. The first-order valence-electron chi connectivity index (χ1n) is 5.08. The number of nitrogens with zero attached hydrogens (tertiary/aromatic N) is 1. The predicted molar refractivity (Wildman–Crippen MR) is 70.4 cm³/mol. The smallest absolute Gasteiger partial charge is 0.180 e. The van der Waals surface area contributed by atoms with Gasteiger partial charge in [-0.1, -0.05) is 6.07 Å². The number of hydrogen-bond donors (Lipinski definition) is 1. The van der Waals surface area contributed by atoms with Crippen molar-refractivity contribution < 1.29 is 13.2 Å². The number of ether oxygens (including phenoxy) is 1. The van der Waals surface area contributed by atoms with Crippen molar-refractivity contribution in [1.29, 1.82) is 0 Å². The van der Waals surface area contributed by atoms with Gasteiger partial charge in [0.15, 0.2) is 15.0 Å². The lowest BCUT2D eigenvalue weighted by Gasteiger charge is -2.05. The van der Waals surface area contributed by atoms with E-state index in [0.717, 1.165) is 11.9 Å². The van der Waals surface area contributed by atoms with E-state index in [0.29, 0.717) is 10.9 Å². The standard InChI is InChI=1S/C11H12N2O3S2/c1-18(14,15)10-4-2-3-9(5-10)16-6-8-7-17-11(12)13-8/h2-5,7H,6H2,1H3,(H2,12,13). The fourth-order valence-electron chi connectivity index (χ4n) is 1.34. The van der Waals surface area contributed by atoms with E-state index in [1.807, 2.05) is 0 Å². The molecule has 2 rings (SSSR count). The Balaban J connectivity index is 2.11. The van der Waals surface area contributed by atoms with Gasteiger partial charge in [-0.15, -0.1) is 11.3 Å². The molecule has 0 radical (unpaired) electrons. The molecule has 0 bridgehead atoms. The number of aromatic nitrogens is 1. The van der Waals surface area contributed by atoms with Crippen molar-refractivity contribution in [2.24, 2.45) is 0 Å². The molecule has 0 amide bonds. The summed E-state index contributed by atoms with van der Waals surface area (Å²) in [6, 6.07) is 6.36. The van der Waals surface area contributed by atoms with Crippen LogP contribution < -0.4 is 10.5 Å². The highest BCUT2D eigenvalue weighted by Crippen LogP contribution is 2.19. The summed E-state index contributed by atoms with van der Waals surface area (Å²) in [7, 11) is -3.22. The Hall–Kier alpha value is -1.60. The zero-order valence-corrected chi connectivity index (χ0v) is 11.3. The molecule has 0 aliphatic rings. The monoisotopic (exact) mass is 284 g/mol. The molecule has 0 saturated heterocycles. The maximum atomic E-state index is 11.4. The minimum atomic E-state index is -3.22. The quantitative estimate of drug-likeness (QED) is 0.924. The summed E-state index contributed by atoms with van der Waals surface area (Å²) in [5.41, 5.74) is 6.23. The van der Waals surface area contributed by atoms with Crippen molar-refractivity contribution in [3.8, 4) is 5.75 Å². The first-order chi connectivity index (χ1) is 8.45. The molecule has 96 valence electrons. The molecule has 0 fully saturated rings. The van der Waals surface area contributed by atoms with Gasteiger partial charge < -0.3 is 10.5 Å². The largest absolute Gasteiger partial charge is 0.487 e. The zero-order valence-electron chi connectivity index (χ0n) is 9.66. The Morgan fingerprint density at radius 2 is 2.22 bits per heavy atom. The maximum Gasteiger partial charge on any atom is 0.180 e. The minimum absolute atomic E-state index is 0.234. The number of hydrogen-bond acceptors (Lipinski definition) is 6. The van der Waals surface area contributed by atoms with E-state index in [4.69, 9.17) is 10.5 Å². The van der Waals surface area contributed by atoms with Crippen LogP contribution in [-0.4, -0.2) is 19.7 Å². The molecular formula is C11H12N2O3S2. The molecule has 0 unspecified atom stereocenters. The lowest BCUT2D eigenvalue weighted by molar-refractivity contribution is 0.301. The summed E-state index contributed by atoms with van der Waals surface area (Å²) in [5, 5.41) is 2.29. The number of sulfone groups is 1. The summed E-state index contributed by atoms with van der Waals surface area (Å²) in [5.74, 6) is 0.490. The first kappa shape index (κ1) is 12.8. The third-order valence-corrected chi connectivity index (χ3v) is 4.02. The minimum Gasteiger partial charge on any atom is -0.487 e. The van der Waals surface area contributed by atoms with Crippen molar-refractivity contribution >= 4 is 26.3 Å². The lowest BCUT2D eigenvalue weighted by Crippen LogP contribution is -1.99. The summed E-state index contributed by atoms with van der Waals surface area (Å²) in [6.07, 6.45) is 1.16. The van der Waals surface area contributed by atoms with E-state index in [1.54, 1.807) is 17.5 Å². The highest BCUT2D eigenvalue weighted by molar-refractivity contribution is 7.90. The van der Waals surface area contributed by atoms with E-state index in [-0.39, 0.29) is 11.5 Å². The molecule has 0 saturated carbocycles. The van der Waals surface area contributed by atoms with Crippen molar-refractivity contribution in [2.45, 2.75) is 11.5 Å². The molecule has 0 spiro atoms. The molecule has 0 aliphatic heterocycles. The number of anilines is 1. The average Bonchev–Trinajstić information content (AvgIpc) is 2.72. The SMILES string of the molecule is CS(=O)(=O)c1cccc(OCc2csc(N)n2)c1. The van der Waals surface area contributed by atoms with E-state index in [9.17, 15) is 8.42 Å². The number of nitrogen functional groups attached to an aromatic ring is 1. The number of benzene rings is 1. The highest BCUT2D eigenvalue weighted by atomic mass is 32.2. The van der Waals surface area contributed by atoms with Crippen LogP contribution in [0.1, 0.15) is 5.69 Å². The normalized spacial score (nSPS) is 11.4.